The van der Waals surface area contributed by atoms with Gasteiger partial charge in [0.2, 0.25) is 0 Å². The van der Waals surface area contributed by atoms with E-state index in [1.165, 1.54) is 6.92 Å². The molecule has 0 radical (unpaired) electrons. The van der Waals surface area contributed by atoms with Crippen molar-refractivity contribution in [2.24, 2.45) is 0 Å². The first-order chi connectivity index (χ1) is 8.63. The first kappa shape index (κ1) is 16.1. The van der Waals surface area contributed by atoms with Gasteiger partial charge in [0.05, 0.1) is 0 Å². The van der Waals surface area contributed by atoms with E-state index < -0.39 is 8.32 Å². The predicted molar refractivity (Wildman–Crippen MR) is 81.1 cm³/mol. The van der Waals surface area contributed by atoms with Gasteiger partial charge in [0.25, 0.3) is 0 Å². The lowest BCUT2D eigenvalue weighted by Crippen LogP contribution is -2.41. The molecule has 0 aliphatic rings. The fourth-order valence-electron chi connectivity index (χ4n) is 1.46. The number of hydrogen-bond donors (Lipinski definition) is 0. The number of carbonyl (C=O) groups is 1. The molecule has 106 valence electrons. The second kappa shape index (κ2) is 5.97. The normalized spacial score (nSPS) is 12.5. The van der Waals surface area contributed by atoms with Crippen molar-refractivity contribution in [2.45, 2.75) is 52.2 Å². The van der Waals surface area contributed by atoms with Crippen LogP contribution in [-0.2, 0) is 10.8 Å². The maximum absolute atomic E-state index is 11.3. The maximum atomic E-state index is 11.3. The standard InChI is InChI=1S/C15H25NO2Si/c1-12(17)14-11-13(7-9-16-14)8-10-18-19(5,6)15(2,3)4/h7,9,11H,8,10H2,1-6H3. The van der Waals surface area contributed by atoms with Gasteiger partial charge in [-0.2, -0.15) is 0 Å². The van der Waals surface area contributed by atoms with E-state index in [1.54, 1.807) is 6.20 Å². The Morgan fingerprint density at radius 1 is 1.37 bits per heavy atom. The van der Waals surface area contributed by atoms with Gasteiger partial charge >= 0.3 is 0 Å². The Morgan fingerprint density at radius 2 is 2.00 bits per heavy atom. The van der Waals surface area contributed by atoms with Crippen molar-refractivity contribution < 1.29 is 9.22 Å². The molecule has 1 aromatic rings. The van der Waals surface area contributed by atoms with Crippen LogP contribution in [0.5, 0.6) is 0 Å². The van der Waals surface area contributed by atoms with Gasteiger partial charge in [0.15, 0.2) is 14.1 Å². The average Bonchev–Trinajstić information content (AvgIpc) is 2.27. The highest BCUT2D eigenvalue weighted by Gasteiger charge is 2.36. The van der Waals surface area contributed by atoms with Crippen LogP contribution in [0.3, 0.4) is 0 Å². The second-order valence-electron chi connectivity index (χ2n) is 6.46. The first-order valence-electron chi connectivity index (χ1n) is 6.73. The van der Waals surface area contributed by atoms with E-state index in [9.17, 15) is 4.79 Å². The summed E-state index contributed by atoms with van der Waals surface area (Å²) >= 11 is 0. The molecule has 0 spiro atoms. The van der Waals surface area contributed by atoms with Crippen molar-refractivity contribution in [1.29, 1.82) is 0 Å². The molecular formula is C15H25NO2Si. The molecule has 0 aliphatic heterocycles. The minimum Gasteiger partial charge on any atom is -0.416 e. The number of hydrogen-bond acceptors (Lipinski definition) is 3. The highest BCUT2D eigenvalue weighted by atomic mass is 28.4. The summed E-state index contributed by atoms with van der Waals surface area (Å²) in [5, 5.41) is 0.232. The average molecular weight is 279 g/mol. The smallest absolute Gasteiger partial charge is 0.191 e. The van der Waals surface area contributed by atoms with E-state index in [4.69, 9.17) is 4.43 Å². The molecule has 0 unspecified atom stereocenters. The zero-order valence-electron chi connectivity index (χ0n) is 12.9. The first-order valence-corrected chi connectivity index (χ1v) is 9.64. The van der Waals surface area contributed by atoms with Gasteiger partial charge in [0.1, 0.15) is 5.69 Å². The summed E-state index contributed by atoms with van der Waals surface area (Å²) in [5.74, 6) is 0.00663. The van der Waals surface area contributed by atoms with Crippen molar-refractivity contribution >= 4 is 14.1 Å². The fourth-order valence-corrected chi connectivity index (χ4v) is 2.51. The highest BCUT2D eigenvalue weighted by Crippen LogP contribution is 2.36. The molecule has 3 nitrogen and oxygen atoms in total. The lowest BCUT2D eigenvalue weighted by molar-refractivity contribution is 0.101. The fraction of sp³-hybridized carbons (Fsp3) is 0.600. The molecule has 0 amide bonds. The Kier molecular flexibility index (Phi) is 5.04. The Labute approximate surface area is 117 Å². The van der Waals surface area contributed by atoms with Gasteiger partial charge < -0.3 is 4.43 Å². The number of nitrogens with zero attached hydrogens (tertiary/aromatic N) is 1. The Bertz CT molecular complexity index is 450. The van der Waals surface area contributed by atoms with E-state index in [0.717, 1.165) is 12.0 Å². The topological polar surface area (TPSA) is 39.2 Å². The summed E-state index contributed by atoms with van der Waals surface area (Å²) in [6.45, 7) is 13.5. The van der Waals surface area contributed by atoms with E-state index in [1.807, 2.05) is 12.1 Å². The van der Waals surface area contributed by atoms with Crippen molar-refractivity contribution in [2.75, 3.05) is 6.61 Å². The van der Waals surface area contributed by atoms with Crippen LogP contribution < -0.4 is 0 Å². The summed E-state index contributed by atoms with van der Waals surface area (Å²) in [5.41, 5.74) is 1.64. The van der Waals surface area contributed by atoms with Gasteiger partial charge in [-0.1, -0.05) is 20.8 Å². The van der Waals surface area contributed by atoms with Crippen LogP contribution in [0.1, 0.15) is 43.7 Å². The zero-order valence-corrected chi connectivity index (χ0v) is 13.9. The number of rotatable bonds is 5. The monoisotopic (exact) mass is 279 g/mol. The van der Waals surface area contributed by atoms with Crippen molar-refractivity contribution in [1.82, 2.24) is 4.98 Å². The van der Waals surface area contributed by atoms with Crippen LogP contribution in [-0.4, -0.2) is 25.7 Å². The quantitative estimate of drug-likeness (QED) is 0.607. The third-order valence-corrected chi connectivity index (χ3v) is 8.38. The summed E-state index contributed by atoms with van der Waals surface area (Å²) < 4.78 is 6.13. The second-order valence-corrected chi connectivity index (χ2v) is 11.3. The SMILES string of the molecule is CC(=O)c1cc(CCO[Si](C)(C)C(C)(C)C)ccn1. The van der Waals surface area contributed by atoms with Gasteiger partial charge in [-0.25, -0.2) is 0 Å². The number of aromatic nitrogens is 1. The molecule has 0 saturated carbocycles. The lowest BCUT2D eigenvalue weighted by Gasteiger charge is -2.36. The van der Waals surface area contributed by atoms with Crippen molar-refractivity contribution in [3.05, 3.63) is 29.6 Å². The van der Waals surface area contributed by atoms with Gasteiger partial charge in [-0.3, -0.25) is 9.78 Å². The maximum Gasteiger partial charge on any atom is 0.191 e. The predicted octanol–water partition coefficient (Wildman–Crippen LogP) is 3.85. The van der Waals surface area contributed by atoms with E-state index in [2.05, 4.69) is 38.8 Å². The van der Waals surface area contributed by atoms with E-state index in [0.29, 0.717) is 12.3 Å². The third kappa shape index (κ3) is 4.55. The minimum atomic E-state index is -1.68. The van der Waals surface area contributed by atoms with Crippen LogP contribution in [0.4, 0.5) is 0 Å². The number of pyridine rings is 1. The Hall–Kier alpha value is -1.00. The van der Waals surface area contributed by atoms with Crippen LogP contribution in [0.15, 0.2) is 18.3 Å². The van der Waals surface area contributed by atoms with Crippen LogP contribution in [0.25, 0.3) is 0 Å². The molecule has 1 heterocycles. The molecule has 0 N–H and O–H groups in total. The molecule has 1 aromatic heterocycles. The van der Waals surface area contributed by atoms with Gasteiger partial charge in [-0.15, -0.1) is 0 Å². The zero-order chi connectivity index (χ0) is 14.7. The molecule has 4 heteroatoms. The Morgan fingerprint density at radius 3 is 2.53 bits per heavy atom. The molecule has 1 rings (SSSR count). The molecular weight excluding hydrogens is 254 g/mol. The number of Topliss-reactive ketones (excluding diaryl/α,β-unsaturated/α-hetero) is 1. The minimum absolute atomic E-state index is 0.00663. The largest absolute Gasteiger partial charge is 0.416 e. The third-order valence-electron chi connectivity index (χ3n) is 3.84. The van der Waals surface area contributed by atoms with Crippen LogP contribution in [0, 0.1) is 0 Å². The molecule has 0 atom stereocenters. The summed E-state index contributed by atoms with van der Waals surface area (Å²) in [6, 6.07) is 3.80. The molecule has 0 aromatic carbocycles. The molecule has 0 aliphatic carbocycles. The van der Waals surface area contributed by atoms with Crippen LogP contribution in [0.2, 0.25) is 18.1 Å². The highest BCUT2D eigenvalue weighted by molar-refractivity contribution is 6.74. The summed E-state index contributed by atoms with van der Waals surface area (Å²) in [4.78, 5) is 15.3. The molecule has 0 bridgehead atoms. The molecule has 0 fully saturated rings. The lowest BCUT2D eigenvalue weighted by atomic mass is 10.1. The van der Waals surface area contributed by atoms with E-state index >= 15 is 0 Å². The summed E-state index contributed by atoms with van der Waals surface area (Å²) in [7, 11) is -1.68. The van der Waals surface area contributed by atoms with Crippen molar-refractivity contribution in [3.8, 4) is 0 Å². The van der Waals surface area contributed by atoms with Gasteiger partial charge in [0, 0.05) is 19.7 Å². The Balaban J connectivity index is 2.59. The van der Waals surface area contributed by atoms with Gasteiger partial charge in [-0.05, 0) is 42.2 Å². The molecule has 19 heavy (non-hydrogen) atoms. The molecule has 0 saturated heterocycles. The van der Waals surface area contributed by atoms with E-state index in [-0.39, 0.29) is 10.8 Å². The number of ketones is 1. The van der Waals surface area contributed by atoms with Crippen LogP contribution >= 0.6 is 0 Å². The summed E-state index contributed by atoms with van der Waals surface area (Å²) in [6.07, 6.45) is 2.52. The van der Waals surface area contributed by atoms with Crippen molar-refractivity contribution in [3.63, 3.8) is 0 Å². The number of carbonyl (C=O) groups excluding carboxylic acids is 1.